The Morgan fingerprint density at radius 3 is 2.45 bits per heavy atom. The number of carbonyl (C=O) groups excluding carboxylic acids is 2. The molecule has 1 fully saturated rings. The van der Waals surface area contributed by atoms with E-state index in [2.05, 4.69) is 26.1 Å². The smallest absolute Gasteiger partial charge is 0.226 e. The number of nitrogens with zero attached hydrogens (tertiary/aromatic N) is 3. The molecule has 0 atom stereocenters. The number of hydrogen-bond donors (Lipinski definition) is 1. The zero-order chi connectivity index (χ0) is 21.0. The number of nitrogens with one attached hydrogen (secondary N) is 1. The van der Waals surface area contributed by atoms with E-state index in [4.69, 9.17) is 5.10 Å². The van der Waals surface area contributed by atoms with Gasteiger partial charge in [0.1, 0.15) is 5.82 Å². The largest absolute Gasteiger partial charge is 0.343 e. The minimum Gasteiger partial charge on any atom is -0.343 e. The molecule has 2 amide bonds. The molecule has 0 saturated carbocycles. The van der Waals surface area contributed by atoms with Gasteiger partial charge in [-0.2, -0.15) is 5.10 Å². The monoisotopic (exact) mass is 396 g/mol. The van der Waals surface area contributed by atoms with E-state index >= 15 is 0 Å². The van der Waals surface area contributed by atoms with Gasteiger partial charge in [-0.15, -0.1) is 0 Å². The molecule has 1 aromatic carbocycles. The molecule has 6 heteroatoms. The maximum absolute atomic E-state index is 12.6. The molecule has 3 rings (SSSR count). The molecule has 1 N–H and O–H groups in total. The lowest BCUT2D eigenvalue weighted by atomic mass is 9.92. The average Bonchev–Trinajstić information content (AvgIpc) is 3.11. The van der Waals surface area contributed by atoms with Gasteiger partial charge >= 0.3 is 0 Å². The minimum absolute atomic E-state index is 0.0717. The van der Waals surface area contributed by atoms with Crippen molar-refractivity contribution in [3.05, 3.63) is 41.6 Å². The van der Waals surface area contributed by atoms with Crippen molar-refractivity contribution in [1.29, 1.82) is 0 Å². The number of aromatic nitrogens is 2. The fraction of sp³-hybridized carbons (Fsp3) is 0.522. The van der Waals surface area contributed by atoms with Gasteiger partial charge in [0.15, 0.2) is 0 Å². The molecule has 1 aromatic heterocycles. The summed E-state index contributed by atoms with van der Waals surface area (Å²) in [5.41, 5.74) is 2.79. The Kier molecular flexibility index (Phi) is 6.40. The van der Waals surface area contributed by atoms with E-state index < -0.39 is 0 Å². The number of piperidine rings is 1. The third-order valence-corrected chi connectivity index (χ3v) is 5.27. The highest BCUT2D eigenvalue weighted by Crippen LogP contribution is 2.26. The van der Waals surface area contributed by atoms with Gasteiger partial charge in [-0.1, -0.05) is 32.9 Å². The van der Waals surface area contributed by atoms with E-state index in [0.717, 1.165) is 42.9 Å². The number of hydrogen-bond acceptors (Lipinski definition) is 3. The Labute approximate surface area is 173 Å². The number of rotatable bonds is 5. The van der Waals surface area contributed by atoms with Gasteiger partial charge in [-0.3, -0.25) is 9.59 Å². The molecular weight excluding hydrogens is 364 g/mol. The summed E-state index contributed by atoms with van der Waals surface area (Å²) in [7, 11) is 0. The average molecular weight is 397 g/mol. The zero-order valence-electron chi connectivity index (χ0n) is 18.0. The summed E-state index contributed by atoms with van der Waals surface area (Å²) in [4.78, 5) is 26.8. The molecule has 156 valence electrons. The summed E-state index contributed by atoms with van der Waals surface area (Å²) >= 11 is 0. The van der Waals surface area contributed by atoms with E-state index in [1.165, 1.54) is 6.42 Å². The van der Waals surface area contributed by atoms with Gasteiger partial charge < -0.3 is 10.2 Å². The van der Waals surface area contributed by atoms with Crippen molar-refractivity contribution < 1.29 is 9.59 Å². The lowest BCUT2D eigenvalue weighted by Gasteiger charge is -2.26. The number of carbonyl (C=O) groups is 2. The molecule has 0 bridgehead atoms. The Morgan fingerprint density at radius 2 is 1.79 bits per heavy atom. The van der Waals surface area contributed by atoms with Crippen LogP contribution in [0.25, 0.3) is 5.69 Å². The van der Waals surface area contributed by atoms with E-state index in [0.29, 0.717) is 5.82 Å². The van der Waals surface area contributed by atoms with Crippen molar-refractivity contribution in [1.82, 2.24) is 14.7 Å². The maximum Gasteiger partial charge on any atom is 0.226 e. The maximum atomic E-state index is 12.6. The summed E-state index contributed by atoms with van der Waals surface area (Å²) in [5, 5.41) is 7.71. The number of aryl methyl sites for hydroxylation is 1. The molecule has 0 radical (unpaired) electrons. The zero-order valence-corrected chi connectivity index (χ0v) is 18.0. The molecule has 2 heterocycles. The first-order valence-corrected chi connectivity index (χ1v) is 10.5. The Bertz CT molecular complexity index is 873. The first kappa shape index (κ1) is 21.1. The van der Waals surface area contributed by atoms with Crippen molar-refractivity contribution in [3.63, 3.8) is 0 Å². The summed E-state index contributed by atoms with van der Waals surface area (Å²) < 4.78 is 1.78. The number of likely N-dealkylation sites (tertiary alicyclic amines) is 1. The van der Waals surface area contributed by atoms with Crippen molar-refractivity contribution in [3.8, 4) is 5.69 Å². The Morgan fingerprint density at radius 1 is 1.07 bits per heavy atom. The molecule has 1 aliphatic heterocycles. The van der Waals surface area contributed by atoms with Crippen molar-refractivity contribution in [2.75, 3.05) is 18.4 Å². The van der Waals surface area contributed by atoms with Crippen molar-refractivity contribution in [2.45, 2.75) is 65.2 Å². The normalized spacial score (nSPS) is 14.7. The summed E-state index contributed by atoms with van der Waals surface area (Å²) in [6.07, 6.45) is 3.73. The lowest BCUT2D eigenvalue weighted by molar-refractivity contribution is -0.133. The first-order valence-electron chi connectivity index (χ1n) is 10.5. The Hall–Kier alpha value is -2.63. The van der Waals surface area contributed by atoms with Crippen LogP contribution in [-0.4, -0.2) is 39.6 Å². The fourth-order valence-corrected chi connectivity index (χ4v) is 3.52. The molecule has 1 saturated heterocycles. The van der Waals surface area contributed by atoms with Crippen molar-refractivity contribution >= 4 is 17.6 Å². The SMILES string of the molecule is Cc1cccc(-n2nc(C(C)(C)C)cc2NC(=O)CCC(=O)N2CCCCC2)c1. The van der Waals surface area contributed by atoms with Gasteiger partial charge in [-0.05, 0) is 43.9 Å². The Balaban J connectivity index is 1.72. The first-order chi connectivity index (χ1) is 13.7. The molecule has 0 unspecified atom stereocenters. The topological polar surface area (TPSA) is 67.2 Å². The van der Waals surface area contributed by atoms with Crippen LogP contribution in [0.15, 0.2) is 30.3 Å². The van der Waals surface area contributed by atoms with Crippen molar-refractivity contribution in [2.24, 2.45) is 0 Å². The van der Waals surface area contributed by atoms with Crippen LogP contribution in [0.4, 0.5) is 5.82 Å². The highest BCUT2D eigenvalue weighted by molar-refractivity contribution is 5.93. The van der Waals surface area contributed by atoms with Gasteiger partial charge in [0.2, 0.25) is 11.8 Å². The number of amides is 2. The molecule has 29 heavy (non-hydrogen) atoms. The van der Waals surface area contributed by atoms with E-state index in [9.17, 15) is 9.59 Å². The van der Waals surface area contributed by atoms with Crippen LogP contribution >= 0.6 is 0 Å². The van der Waals surface area contributed by atoms with Crippen LogP contribution in [0.5, 0.6) is 0 Å². The van der Waals surface area contributed by atoms with Gasteiger partial charge in [0.05, 0.1) is 11.4 Å². The van der Waals surface area contributed by atoms with Gasteiger partial charge in [0, 0.05) is 37.4 Å². The predicted molar refractivity (Wildman–Crippen MR) is 115 cm³/mol. The summed E-state index contributed by atoms with van der Waals surface area (Å²) in [5.74, 6) is 0.544. The van der Waals surface area contributed by atoms with E-state index in [1.807, 2.05) is 42.2 Å². The number of anilines is 1. The van der Waals surface area contributed by atoms with Crippen LogP contribution in [0, 0.1) is 6.92 Å². The summed E-state index contributed by atoms with van der Waals surface area (Å²) in [6.45, 7) is 9.95. The highest BCUT2D eigenvalue weighted by Gasteiger charge is 2.22. The molecule has 2 aromatic rings. The van der Waals surface area contributed by atoms with Gasteiger partial charge in [-0.25, -0.2) is 4.68 Å². The molecule has 6 nitrogen and oxygen atoms in total. The van der Waals surface area contributed by atoms with Gasteiger partial charge in [0.25, 0.3) is 0 Å². The molecule has 0 spiro atoms. The van der Waals surface area contributed by atoms with Crippen LogP contribution in [0.2, 0.25) is 0 Å². The van der Waals surface area contributed by atoms with Crippen LogP contribution in [0.1, 0.15) is 64.1 Å². The van der Waals surface area contributed by atoms with Crippen LogP contribution in [0.3, 0.4) is 0 Å². The number of benzene rings is 1. The van der Waals surface area contributed by atoms with E-state index in [1.54, 1.807) is 4.68 Å². The third-order valence-electron chi connectivity index (χ3n) is 5.27. The predicted octanol–water partition coefficient (Wildman–Crippen LogP) is 4.21. The second kappa shape index (κ2) is 8.80. The quantitative estimate of drug-likeness (QED) is 0.823. The molecule has 0 aliphatic carbocycles. The lowest BCUT2D eigenvalue weighted by Crippen LogP contribution is -2.36. The molecular formula is C23H32N4O2. The van der Waals surface area contributed by atoms with Crippen LogP contribution in [-0.2, 0) is 15.0 Å². The summed E-state index contributed by atoms with van der Waals surface area (Å²) in [6, 6.07) is 9.94. The minimum atomic E-state index is -0.162. The third kappa shape index (κ3) is 5.46. The van der Waals surface area contributed by atoms with E-state index in [-0.39, 0.29) is 30.1 Å². The van der Waals surface area contributed by atoms with Crippen LogP contribution < -0.4 is 5.32 Å². The second-order valence-corrected chi connectivity index (χ2v) is 8.91. The molecule has 1 aliphatic rings. The highest BCUT2D eigenvalue weighted by atomic mass is 16.2. The standard InChI is InChI=1S/C23H32N4O2/c1-17-9-8-10-18(15-17)27-20(16-19(25-27)23(2,3)4)24-21(28)11-12-22(29)26-13-6-5-7-14-26/h8-10,15-16H,5-7,11-14H2,1-4H3,(H,24,28). The fourth-order valence-electron chi connectivity index (χ4n) is 3.52. The second-order valence-electron chi connectivity index (χ2n) is 8.91.